The Morgan fingerprint density at radius 3 is 2.37 bits per heavy atom. The van der Waals surface area contributed by atoms with E-state index < -0.39 is 0 Å². The first-order valence-electron chi connectivity index (χ1n) is 7.52. The fourth-order valence-corrected chi connectivity index (χ4v) is 3.33. The summed E-state index contributed by atoms with van der Waals surface area (Å²) in [5.41, 5.74) is 6.42. The van der Waals surface area contributed by atoms with Gasteiger partial charge in [-0.25, -0.2) is 0 Å². The first-order chi connectivity index (χ1) is 8.46. The molecule has 0 spiro atoms. The van der Waals surface area contributed by atoms with E-state index in [1.54, 1.807) is 0 Å². The second-order valence-corrected chi connectivity index (χ2v) is 7.07. The van der Waals surface area contributed by atoms with Crippen LogP contribution in [-0.4, -0.2) is 18.0 Å². The van der Waals surface area contributed by atoms with Gasteiger partial charge in [-0.2, -0.15) is 0 Å². The van der Waals surface area contributed by atoms with Gasteiger partial charge in [0.2, 0.25) is 5.91 Å². The molecule has 19 heavy (non-hydrogen) atoms. The number of hydrogen-bond donors (Lipinski definition) is 2. The molecule has 3 N–H and O–H groups in total. The molecule has 2 fully saturated rings. The molecule has 3 nitrogen and oxygen atoms in total. The molecule has 2 unspecified atom stereocenters. The van der Waals surface area contributed by atoms with Gasteiger partial charge in [0.05, 0.1) is 0 Å². The van der Waals surface area contributed by atoms with Crippen LogP contribution >= 0.6 is 12.4 Å². The second-order valence-electron chi connectivity index (χ2n) is 7.07. The molecule has 112 valence electrons. The first-order valence-corrected chi connectivity index (χ1v) is 7.52. The number of halogens is 1. The fourth-order valence-electron chi connectivity index (χ4n) is 3.33. The highest BCUT2D eigenvalue weighted by Gasteiger charge is 2.30. The Kier molecular flexibility index (Phi) is 6.13. The molecule has 2 atom stereocenters. The summed E-state index contributed by atoms with van der Waals surface area (Å²) < 4.78 is 0. The van der Waals surface area contributed by atoms with Crippen molar-refractivity contribution in [1.29, 1.82) is 0 Å². The summed E-state index contributed by atoms with van der Waals surface area (Å²) in [5.74, 6) is 0.429. The van der Waals surface area contributed by atoms with Gasteiger partial charge in [0.1, 0.15) is 0 Å². The Labute approximate surface area is 123 Å². The Morgan fingerprint density at radius 2 is 1.79 bits per heavy atom. The van der Waals surface area contributed by atoms with Crippen LogP contribution in [0.1, 0.15) is 65.2 Å². The third-order valence-electron chi connectivity index (χ3n) is 4.77. The van der Waals surface area contributed by atoms with Crippen molar-refractivity contribution < 1.29 is 4.79 Å². The van der Waals surface area contributed by atoms with Crippen LogP contribution in [0.2, 0.25) is 0 Å². The number of amides is 1. The zero-order valence-corrected chi connectivity index (χ0v) is 13.1. The van der Waals surface area contributed by atoms with E-state index in [4.69, 9.17) is 5.73 Å². The first kappa shape index (κ1) is 16.8. The Morgan fingerprint density at radius 1 is 1.16 bits per heavy atom. The highest BCUT2D eigenvalue weighted by Crippen LogP contribution is 2.35. The van der Waals surface area contributed by atoms with E-state index in [1.807, 2.05) is 0 Å². The number of nitrogens with one attached hydrogen (secondary N) is 1. The molecule has 0 saturated heterocycles. The average Bonchev–Trinajstić information content (AvgIpc) is 2.32. The van der Waals surface area contributed by atoms with Gasteiger partial charge in [-0.05, 0) is 50.4 Å². The van der Waals surface area contributed by atoms with Crippen molar-refractivity contribution in [2.75, 3.05) is 0 Å². The van der Waals surface area contributed by atoms with Crippen molar-refractivity contribution >= 4 is 18.3 Å². The van der Waals surface area contributed by atoms with E-state index in [0.717, 1.165) is 38.5 Å². The fraction of sp³-hybridized carbons (Fsp3) is 0.933. The number of nitrogens with two attached hydrogens (primary N) is 1. The van der Waals surface area contributed by atoms with Gasteiger partial charge in [-0.15, -0.1) is 12.4 Å². The van der Waals surface area contributed by atoms with E-state index in [2.05, 4.69) is 19.2 Å². The predicted octanol–water partition coefficient (Wildman–Crippen LogP) is 3.01. The molecule has 4 heteroatoms. The van der Waals surface area contributed by atoms with Gasteiger partial charge >= 0.3 is 0 Å². The smallest absolute Gasteiger partial charge is 0.223 e. The summed E-state index contributed by atoms with van der Waals surface area (Å²) in [6, 6.07) is 0.642. The van der Waals surface area contributed by atoms with Crippen molar-refractivity contribution in [2.24, 2.45) is 17.1 Å². The highest BCUT2D eigenvalue weighted by atomic mass is 35.5. The molecule has 0 heterocycles. The van der Waals surface area contributed by atoms with Gasteiger partial charge in [0, 0.05) is 18.0 Å². The van der Waals surface area contributed by atoms with Crippen molar-refractivity contribution in [3.8, 4) is 0 Å². The summed E-state index contributed by atoms with van der Waals surface area (Å²) in [6.07, 6.45) is 8.82. The number of carbonyl (C=O) groups excluding carboxylic acids is 1. The molecular weight excluding hydrogens is 260 g/mol. The minimum absolute atomic E-state index is 0. The monoisotopic (exact) mass is 288 g/mol. The Balaban J connectivity index is 0.00000180. The normalized spacial score (nSPS) is 31.3. The van der Waals surface area contributed by atoms with Gasteiger partial charge < -0.3 is 11.1 Å². The SMILES string of the molecule is CC1(C)CCC(NC(=O)C2CCCC(N)C2)CC1.Cl. The lowest BCUT2D eigenvalue weighted by atomic mass is 9.75. The van der Waals surface area contributed by atoms with E-state index >= 15 is 0 Å². The van der Waals surface area contributed by atoms with Crippen LogP contribution in [0.25, 0.3) is 0 Å². The molecule has 2 rings (SSSR count). The number of carbonyl (C=O) groups is 1. The minimum Gasteiger partial charge on any atom is -0.353 e. The summed E-state index contributed by atoms with van der Waals surface area (Å²) in [6.45, 7) is 4.65. The molecule has 0 radical (unpaired) electrons. The maximum absolute atomic E-state index is 12.2. The maximum atomic E-state index is 12.2. The third-order valence-corrected chi connectivity index (χ3v) is 4.77. The summed E-state index contributed by atoms with van der Waals surface area (Å²) >= 11 is 0. The molecule has 0 aliphatic heterocycles. The lowest BCUT2D eigenvalue weighted by Crippen LogP contribution is -2.44. The molecule has 0 aromatic rings. The maximum Gasteiger partial charge on any atom is 0.223 e. The largest absolute Gasteiger partial charge is 0.353 e. The van der Waals surface area contributed by atoms with Crippen LogP contribution in [0.3, 0.4) is 0 Å². The summed E-state index contributed by atoms with van der Waals surface area (Å²) in [7, 11) is 0. The standard InChI is InChI=1S/C15H28N2O.ClH/c1-15(2)8-6-13(7-9-15)17-14(18)11-4-3-5-12(16)10-11;/h11-13H,3-10,16H2,1-2H3,(H,17,18);1H. The van der Waals surface area contributed by atoms with Crippen molar-refractivity contribution in [3.05, 3.63) is 0 Å². The Hall–Kier alpha value is -0.280. The van der Waals surface area contributed by atoms with E-state index in [1.165, 1.54) is 12.8 Å². The van der Waals surface area contributed by atoms with Crippen LogP contribution in [0.4, 0.5) is 0 Å². The third kappa shape index (κ3) is 4.96. The molecular formula is C15H29ClN2O. The van der Waals surface area contributed by atoms with Crippen LogP contribution in [0.5, 0.6) is 0 Å². The average molecular weight is 289 g/mol. The molecule has 2 aliphatic carbocycles. The van der Waals surface area contributed by atoms with E-state index in [9.17, 15) is 4.79 Å². The zero-order valence-electron chi connectivity index (χ0n) is 12.3. The van der Waals surface area contributed by atoms with Crippen LogP contribution in [0.15, 0.2) is 0 Å². The van der Waals surface area contributed by atoms with Crippen molar-refractivity contribution in [1.82, 2.24) is 5.32 Å². The van der Waals surface area contributed by atoms with Crippen LogP contribution in [0, 0.1) is 11.3 Å². The second kappa shape index (κ2) is 6.94. The lowest BCUT2D eigenvalue weighted by molar-refractivity contribution is -0.127. The van der Waals surface area contributed by atoms with Gasteiger partial charge in [0.15, 0.2) is 0 Å². The van der Waals surface area contributed by atoms with Gasteiger partial charge in [-0.1, -0.05) is 20.3 Å². The number of rotatable bonds is 2. The quantitative estimate of drug-likeness (QED) is 0.821. The molecule has 2 aliphatic rings. The van der Waals surface area contributed by atoms with E-state index in [-0.39, 0.29) is 30.3 Å². The van der Waals surface area contributed by atoms with Crippen LogP contribution < -0.4 is 11.1 Å². The lowest BCUT2D eigenvalue weighted by Gasteiger charge is -2.35. The van der Waals surface area contributed by atoms with Crippen molar-refractivity contribution in [2.45, 2.75) is 77.3 Å². The molecule has 0 bridgehead atoms. The van der Waals surface area contributed by atoms with Gasteiger partial charge in [0.25, 0.3) is 0 Å². The summed E-state index contributed by atoms with van der Waals surface area (Å²) in [4.78, 5) is 12.2. The molecule has 1 amide bonds. The molecule has 2 saturated carbocycles. The predicted molar refractivity (Wildman–Crippen MR) is 81.4 cm³/mol. The van der Waals surface area contributed by atoms with Crippen LogP contribution in [-0.2, 0) is 4.79 Å². The molecule has 0 aromatic carbocycles. The minimum atomic E-state index is 0. The highest BCUT2D eigenvalue weighted by molar-refractivity contribution is 5.85. The van der Waals surface area contributed by atoms with Crippen molar-refractivity contribution in [3.63, 3.8) is 0 Å². The van der Waals surface area contributed by atoms with Gasteiger partial charge in [-0.3, -0.25) is 4.79 Å². The topological polar surface area (TPSA) is 55.1 Å². The molecule has 0 aromatic heterocycles. The summed E-state index contributed by atoms with van der Waals surface area (Å²) in [5, 5.41) is 3.25. The van der Waals surface area contributed by atoms with E-state index in [0.29, 0.717) is 11.5 Å². The Bertz CT molecular complexity index is 297. The number of hydrogen-bond acceptors (Lipinski definition) is 2. The zero-order chi connectivity index (χ0) is 13.2.